The van der Waals surface area contributed by atoms with Gasteiger partial charge in [-0.3, -0.25) is 9.36 Å². The average Bonchev–Trinajstić information content (AvgIpc) is 3.47. The van der Waals surface area contributed by atoms with E-state index in [2.05, 4.69) is 5.10 Å². The first-order chi connectivity index (χ1) is 16.5. The van der Waals surface area contributed by atoms with Crippen LogP contribution in [0.3, 0.4) is 0 Å². The minimum Gasteiger partial charge on any atom is -0.381 e. The zero-order valence-corrected chi connectivity index (χ0v) is 20.2. The van der Waals surface area contributed by atoms with Crippen LogP contribution in [0.5, 0.6) is 0 Å². The standard InChI is InChI=1S/C26H30N4O3S/c1-18-28-30(25(32)29(18)20-8-2-3-9-20)22-11-4-5-12-23(22)34-21-10-6-7-19(17-21)26(24(27)31)13-15-33-16-14-26/h4-7,10-12,17,20H,2-3,8-9,13-16H2,1H3,(H2,27,31). The van der Waals surface area contributed by atoms with Gasteiger partial charge < -0.3 is 10.5 Å². The van der Waals surface area contributed by atoms with Gasteiger partial charge in [-0.15, -0.1) is 0 Å². The quantitative estimate of drug-likeness (QED) is 0.575. The second kappa shape index (κ2) is 9.43. The van der Waals surface area contributed by atoms with Crippen molar-refractivity contribution in [3.8, 4) is 5.69 Å². The van der Waals surface area contributed by atoms with Gasteiger partial charge in [-0.25, -0.2) is 4.79 Å². The topological polar surface area (TPSA) is 92.1 Å². The number of nitrogens with zero attached hydrogens (tertiary/aromatic N) is 3. The lowest BCUT2D eigenvalue weighted by atomic mass is 9.73. The number of carbonyl (C=O) groups is 1. The summed E-state index contributed by atoms with van der Waals surface area (Å²) >= 11 is 1.56. The highest BCUT2D eigenvalue weighted by atomic mass is 32.2. The molecule has 3 aromatic rings. The van der Waals surface area contributed by atoms with Crippen molar-refractivity contribution in [3.63, 3.8) is 0 Å². The van der Waals surface area contributed by atoms with Crippen LogP contribution in [0.15, 0.2) is 63.1 Å². The van der Waals surface area contributed by atoms with Crippen LogP contribution in [0, 0.1) is 6.92 Å². The maximum atomic E-state index is 13.4. The van der Waals surface area contributed by atoms with E-state index in [1.807, 2.05) is 60.0 Å². The highest BCUT2D eigenvalue weighted by Crippen LogP contribution is 2.39. The molecule has 2 heterocycles. The van der Waals surface area contributed by atoms with Gasteiger partial charge in [-0.05, 0) is 62.4 Å². The summed E-state index contributed by atoms with van der Waals surface area (Å²) in [6.07, 6.45) is 5.54. The minimum absolute atomic E-state index is 0.0823. The normalized spacial score (nSPS) is 18.3. The van der Waals surface area contributed by atoms with Crippen molar-refractivity contribution in [2.45, 2.75) is 66.7 Å². The van der Waals surface area contributed by atoms with Gasteiger partial charge in [0.2, 0.25) is 5.91 Å². The smallest absolute Gasteiger partial charge is 0.351 e. The Labute approximate surface area is 203 Å². The monoisotopic (exact) mass is 478 g/mol. The van der Waals surface area contributed by atoms with Gasteiger partial charge in [0, 0.05) is 29.0 Å². The Morgan fingerprint density at radius 3 is 2.59 bits per heavy atom. The summed E-state index contributed by atoms with van der Waals surface area (Å²) in [5.74, 6) is 0.444. The number of benzene rings is 2. The van der Waals surface area contributed by atoms with E-state index in [-0.39, 0.29) is 17.6 Å². The van der Waals surface area contributed by atoms with E-state index in [9.17, 15) is 9.59 Å². The Morgan fingerprint density at radius 1 is 1.12 bits per heavy atom. The summed E-state index contributed by atoms with van der Waals surface area (Å²) in [5.41, 5.74) is 6.77. The maximum absolute atomic E-state index is 13.4. The molecule has 1 saturated heterocycles. The lowest BCUT2D eigenvalue weighted by molar-refractivity contribution is -0.127. The van der Waals surface area contributed by atoms with Crippen LogP contribution in [-0.4, -0.2) is 33.5 Å². The number of rotatable bonds is 6. The molecule has 7 nitrogen and oxygen atoms in total. The Hall–Kier alpha value is -2.84. The van der Waals surface area contributed by atoms with E-state index in [4.69, 9.17) is 10.5 Å². The minimum atomic E-state index is -0.706. The number of para-hydroxylation sites is 1. The van der Waals surface area contributed by atoms with Crippen molar-refractivity contribution in [1.82, 2.24) is 14.3 Å². The van der Waals surface area contributed by atoms with Gasteiger partial charge >= 0.3 is 5.69 Å². The number of hydrogen-bond acceptors (Lipinski definition) is 5. The van der Waals surface area contributed by atoms with E-state index in [0.29, 0.717) is 26.1 Å². The molecule has 178 valence electrons. The van der Waals surface area contributed by atoms with Gasteiger partial charge in [0.25, 0.3) is 0 Å². The third-order valence-corrected chi connectivity index (χ3v) is 8.25. The zero-order chi connectivity index (χ0) is 23.7. The first kappa shape index (κ1) is 22.9. The average molecular weight is 479 g/mol. The molecule has 2 fully saturated rings. The fraction of sp³-hybridized carbons (Fsp3) is 0.423. The number of aromatic nitrogens is 3. The predicted molar refractivity (Wildman–Crippen MR) is 132 cm³/mol. The molecule has 2 aromatic carbocycles. The number of carbonyl (C=O) groups excluding carboxylic acids is 1. The molecule has 0 unspecified atom stereocenters. The molecule has 1 saturated carbocycles. The molecule has 1 aromatic heterocycles. The van der Waals surface area contributed by atoms with Crippen LogP contribution in [0.25, 0.3) is 5.69 Å². The van der Waals surface area contributed by atoms with E-state index >= 15 is 0 Å². The lowest BCUT2D eigenvalue weighted by Crippen LogP contribution is -2.45. The Morgan fingerprint density at radius 2 is 1.85 bits per heavy atom. The summed E-state index contributed by atoms with van der Waals surface area (Å²) in [5, 5.41) is 4.63. The van der Waals surface area contributed by atoms with Crippen molar-refractivity contribution < 1.29 is 9.53 Å². The molecule has 5 rings (SSSR count). The summed E-state index contributed by atoms with van der Waals surface area (Å²) in [4.78, 5) is 27.7. The fourth-order valence-corrected chi connectivity index (χ4v) is 6.31. The molecule has 0 atom stereocenters. The number of amides is 1. The van der Waals surface area contributed by atoms with Gasteiger partial charge in [0.05, 0.1) is 11.1 Å². The number of nitrogens with two attached hydrogens (primary N) is 1. The number of hydrogen-bond donors (Lipinski definition) is 1. The molecular formula is C26H30N4O3S. The summed E-state index contributed by atoms with van der Waals surface area (Å²) < 4.78 is 8.88. The van der Waals surface area contributed by atoms with E-state index < -0.39 is 5.41 Å². The van der Waals surface area contributed by atoms with Crippen molar-refractivity contribution in [2.24, 2.45) is 5.73 Å². The number of aryl methyl sites for hydroxylation is 1. The molecule has 2 N–H and O–H groups in total. The fourth-order valence-electron chi connectivity index (χ4n) is 5.32. The van der Waals surface area contributed by atoms with Crippen LogP contribution < -0.4 is 11.4 Å². The highest BCUT2D eigenvalue weighted by molar-refractivity contribution is 7.99. The van der Waals surface area contributed by atoms with Crippen molar-refractivity contribution in [3.05, 3.63) is 70.4 Å². The Kier molecular flexibility index (Phi) is 6.36. The molecule has 2 aliphatic rings. The molecular weight excluding hydrogens is 448 g/mol. The summed E-state index contributed by atoms with van der Waals surface area (Å²) in [6.45, 7) is 2.96. The number of ether oxygens (including phenoxy) is 1. The molecule has 0 radical (unpaired) electrons. The van der Waals surface area contributed by atoms with E-state index in [0.717, 1.165) is 52.5 Å². The zero-order valence-electron chi connectivity index (χ0n) is 19.4. The number of primary amides is 1. The van der Waals surface area contributed by atoms with Gasteiger partial charge in [-0.2, -0.15) is 9.78 Å². The molecule has 8 heteroatoms. The van der Waals surface area contributed by atoms with Gasteiger partial charge in [0.1, 0.15) is 5.82 Å². The van der Waals surface area contributed by atoms with Gasteiger partial charge in [0.15, 0.2) is 0 Å². The largest absolute Gasteiger partial charge is 0.381 e. The third-order valence-electron chi connectivity index (χ3n) is 7.20. The van der Waals surface area contributed by atoms with Gasteiger partial charge in [-0.1, -0.05) is 48.9 Å². The Balaban J connectivity index is 1.49. The lowest BCUT2D eigenvalue weighted by Gasteiger charge is -2.34. The second-order valence-corrected chi connectivity index (χ2v) is 10.3. The summed E-state index contributed by atoms with van der Waals surface area (Å²) in [7, 11) is 0. The highest BCUT2D eigenvalue weighted by Gasteiger charge is 2.40. The maximum Gasteiger partial charge on any atom is 0.351 e. The van der Waals surface area contributed by atoms with Crippen LogP contribution in [0.4, 0.5) is 0 Å². The summed E-state index contributed by atoms with van der Waals surface area (Å²) in [6, 6.07) is 16.1. The van der Waals surface area contributed by atoms with Crippen LogP contribution in [0.1, 0.15) is 56.0 Å². The van der Waals surface area contributed by atoms with Crippen molar-refractivity contribution in [1.29, 1.82) is 0 Å². The molecule has 1 aliphatic carbocycles. The van der Waals surface area contributed by atoms with E-state index in [1.165, 1.54) is 4.68 Å². The molecule has 0 bridgehead atoms. The van der Waals surface area contributed by atoms with Crippen molar-refractivity contribution >= 4 is 17.7 Å². The predicted octanol–water partition coefficient (Wildman–Crippen LogP) is 4.14. The SMILES string of the molecule is Cc1nn(-c2ccccc2Sc2cccc(C3(C(N)=O)CCOCC3)c2)c(=O)n1C1CCCC1. The molecule has 1 amide bonds. The van der Waals surface area contributed by atoms with Crippen LogP contribution in [-0.2, 0) is 14.9 Å². The molecule has 0 spiro atoms. The van der Waals surface area contributed by atoms with Crippen molar-refractivity contribution in [2.75, 3.05) is 13.2 Å². The van der Waals surface area contributed by atoms with Crippen LogP contribution in [0.2, 0.25) is 0 Å². The van der Waals surface area contributed by atoms with Crippen LogP contribution >= 0.6 is 11.8 Å². The second-order valence-electron chi connectivity index (χ2n) is 9.21. The third kappa shape index (κ3) is 4.09. The first-order valence-electron chi connectivity index (χ1n) is 11.9. The Bertz CT molecular complexity index is 1250. The molecule has 34 heavy (non-hydrogen) atoms. The first-order valence-corrected chi connectivity index (χ1v) is 12.7. The molecule has 1 aliphatic heterocycles. The van der Waals surface area contributed by atoms with E-state index in [1.54, 1.807) is 11.8 Å².